The van der Waals surface area contributed by atoms with Gasteiger partial charge in [-0.25, -0.2) is 4.98 Å². The molecule has 106 valence electrons. The molecule has 0 aliphatic heterocycles. The number of carbonyl (C=O) groups is 1. The second-order valence-corrected chi connectivity index (χ2v) is 5.20. The molecule has 0 unspecified atom stereocenters. The highest BCUT2D eigenvalue weighted by Gasteiger charge is 2.14. The summed E-state index contributed by atoms with van der Waals surface area (Å²) < 4.78 is 0. The Morgan fingerprint density at radius 1 is 1.35 bits per heavy atom. The van der Waals surface area contributed by atoms with Gasteiger partial charge in [0, 0.05) is 12.7 Å². The maximum atomic E-state index is 12.2. The molecule has 0 spiro atoms. The fourth-order valence-electron chi connectivity index (χ4n) is 1.58. The second kappa shape index (κ2) is 6.95. The average Bonchev–Trinajstić information content (AvgIpc) is 2.93. The number of hydrogen-bond acceptors (Lipinski definition) is 6. The predicted molar refractivity (Wildman–Crippen MR) is 80.3 cm³/mol. The van der Waals surface area contributed by atoms with Gasteiger partial charge in [-0.3, -0.25) is 10.1 Å². The van der Waals surface area contributed by atoms with Crippen LogP contribution in [0.5, 0.6) is 0 Å². The Kier molecular flexibility index (Phi) is 5.00. The molecule has 0 aromatic carbocycles. The molecule has 0 saturated carbocycles. The largest absolute Gasteiger partial charge is 0.369 e. The van der Waals surface area contributed by atoms with Crippen molar-refractivity contribution in [3.8, 4) is 0 Å². The number of nitrogens with one attached hydrogen (secondary N) is 2. The van der Waals surface area contributed by atoms with Crippen LogP contribution in [0.15, 0.2) is 18.3 Å². The van der Waals surface area contributed by atoms with Gasteiger partial charge in [0.2, 0.25) is 5.13 Å². The van der Waals surface area contributed by atoms with Crippen LogP contribution >= 0.6 is 11.3 Å². The first-order valence-electron chi connectivity index (χ1n) is 6.57. The monoisotopic (exact) mass is 291 g/mol. The third-order valence-electron chi connectivity index (χ3n) is 2.58. The highest BCUT2D eigenvalue weighted by molar-refractivity contribution is 7.15. The maximum Gasteiger partial charge on any atom is 0.261 e. The lowest BCUT2D eigenvalue weighted by molar-refractivity contribution is 0.102. The number of pyridine rings is 1. The third kappa shape index (κ3) is 3.51. The van der Waals surface area contributed by atoms with E-state index >= 15 is 0 Å². The molecule has 0 fully saturated rings. The molecule has 0 radical (unpaired) electrons. The molecule has 0 aliphatic carbocycles. The molecule has 2 heterocycles. The fraction of sp³-hybridized carbons (Fsp3) is 0.385. The maximum absolute atomic E-state index is 12.2. The number of nitrogens with zero attached hydrogens (tertiary/aromatic N) is 3. The number of aromatic nitrogens is 3. The van der Waals surface area contributed by atoms with E-state index in [1.165, 1.54) is 11.3 Å². The Hall–Kier alpha value is -2.02. The van der Waals surface area contributed by atoms with E-state index in [-0.39, 0.29) is 5.91 Å². The predicted octanol–water partition coefficient (Wildman–Crippen LogP) is 2.57. The van der Waals surface area contributed by atoms with E-state index in [0.29, 0.717) is 16.5 Å². The molecule has 0 atom stereocenters. The minimum atomic E-state index is -0.226. The molecule has 6 nitrogen and oxygen atoms in total. The lowest BCUT2D eigenvalue weighted by Crippen LogP contribution is -2.16. The molecule has 2 rings (SSSR count). The fourth-order valence-corrected chi connectivity index (χ4v) is 2.26. The number of rotatable bonds is 6. The smallest absolute Gasteiger partial charge is 0.261 e. The van der Waals surface area contributed by atoms with Crippen molar-refractivity contribution in [1.82, 2.24) is 15.2 Å². The molecule has 2 N–H and O–H groups in total. The normalized spacial score (nSPS) is 10.3. The van der Waals surface area contributed by atoms with Gasteiger partial charge in [0.25, 0.3) is 5.91 Å². The van der Waals surface area contributed by atoms with Crippen molar-refractivity contribution in [2.75, 3.05) is 17.2 Å². The van der Waals surface area contributed by atoms with Gasteiger partial charge in [-0.05, 0) is 25.0 Å². The molecule has 0 aliphatic rings. The molecule has 7 heteroatoms. The zero-order valence-corrected chi connectivity index (χ0v) is 12.3. The number of aryl methyl sites for hydroxylation is 1. The number of amides is 1. The van der Waals surface area contributed by atoms with Crippen LogP contribution in [0.1, 0.15) is 35.6 Å². The van der Waals surface area contributed by atoms with E-state index in [2.05, 4.69) is 32.7 Å². The first kappa shape index (κ1) is 14.4. The van der Waals surface area contributed by atoms with E-state index in [4.69, 9.17) is 0 Å². The molecular formula is C13H17N5OS. The van der Waals surface area contributed by atoms with E-state index in [9.17, 15) is 4.79 Å². The van der Waals surface area contributed by atoms with Crippen molar-refractivity contribution in [1.29, 1.82) is 0 Å². The SMILES string of the molecule is CCCNc1ncccc1C(=O)Nc1nnc(CC)s1. The van der Waals surface area contributed by atoms with E-state index in [1.807, 2.05) is 6.92 Å². The quantitative estimate of drug-likeness (QED) is 0.855. The molecule has 0 saturated heterocycles. The van der Waals surface area contributed by atoms with Crippen molar-refractivity contribution < 1.29 is 4.79 Å². The molecular weight excluding hydrogens is 274 g/mol. The highest BCUT2D eigenvalue weighted by atomic mass is 32.1. The van der Waals surface area contributed by atoms with Crippen LogP contribution in [0, 0.1) is 0 Å². The van der Waals surface area contributed by atoms with Crippen molar-refractivity contribution in [2.24, 2.45) is 0 Å². The summed E-state index contributed by atoms with van der Waals surface area (Å²) in [5.41, 5.74) is 0.509. The topological polar surface area (TPSA) is 79.8 Å². The second-order valence-electron chi connectivity index (χ2n) is 4.13. The zero-order valence-electron chi connectivity index (χ0n) is 11.5. The van der Waals surface area contributed by atoms with Crippen molar-refractivity contribution in [3.05, 3.63) is 28.9 Å². The van der Waals surface area contributed by atoms with Crippen LogP contribution in [0.2, 0.25) is 0 Å². The van der Waals surface area contributed by atoms with Crippen molar-refractivity contribution in [2.45, 2.75) is 26.7 Å². The van der Waals surface area contributed by atoms with Crippen LogP contribution in [0.3, 0.4) is 0 Å². The van der Waals surface area contributed by atoms with E-state index < -0.39 is 0 Å². The molecule has 0 bridgehead atoms. The van der Waals surface area contributed by atoms with E-state index in [1.54, 1.807) is 18.3 Å². The third-order valence-corrected chi connectivity index (χ3v) is 3.57. The van der Waals surface area contributed by atoms with Crippen LogP contribution < -0.4 is 10.6 Å². The van der Waals surface area contributed by atoms with Crippen molar-refractivity contribution in [3.63, 3.8) is 0 Å². The molecule has 2 aromatic heterocycles. The van der Waals surface area contributed by atoms with Gasteiger partial charge in [0.1, 0.15) is 10.8 Å². The Balaban J connectivity index is 2.12. The van der Waals surface area contributed by atoms with Crippen LogP contribution in [-0.4, -0.2) is 27.6 Å². The molecule has 2 aromatic rings. The molecule has 20 heavy (non-hydrogen) atoms. The van der Waals surface area contributed by atoms with Gasteiger partial charge >= 0.3 is 0 Å². The summed E-state index contributed by atoms with van der Waals surface area (Å²) in [5, 5.41) is 15.2. The number of carbonyl (C=O) groups excluding carboxylic acids is 1. The van der Waals surface area contributed by atoms with Gasteiger partial charge in [0.05, 0.1) is 5.56 Å². The standard InChI is InChI=1S/C13H17N5OS/c1-3-7-14-11-9(6-5-8-15-11)12(19)16-13-18-17-10(4-2)20-13/h5-6,8H,3-4,7H2,1-2H3,(H,14,15)(H,16,18,19). The summed E-state index contributed by atoms with van der Waals surface area (Å²) in [6, 6.07) is 3.48. The summed E-state index contributed by atoms with van der Waals surface area (Å²) in [7, 11) is 0. The Morgan fingerprint density at radius 2 is 2.20 bits per heavy atom. The first-order valence-corrected chi connectivity index (χ1v) is 7.38. The first-order chi connectivity index (χ1) is 9.74. The summed E-state index contributed by atoms with van der Waals surface area (Å²) in [5.74, 6) is 0.364. The zero-order chi connectivity index (χ0) is 14.4. The Morgan fingerprint density at radius 3 is 2.90 bits per heavy atom. The van der Waals surface area contributed by atoms with Crippen molar-refractivity contribution >= 4 is 28.2 Å². The van der Waals surface area contributed by atoms with Gasteiger partial charge < -0.3 is 5.32 Å². The summed E-state index contributed by atoms with van der Waals surface area (Å²) in [4.78, 5) is 16.4. The lowest BCUT2D eigenvalue weighted by Gasteiger charge is -2.08. The van der Waals surface area contributed by atoms with Gasteiger partial charge in [-0.2, -0.15) is 0 Å². The number of hydrogen-bond donors (Lipinski definition) is 2. The number of anilines is 2. The Labute approximate surface area is 121 Å². The van der Waals surface area contributed by atoms with Gasteiger partial charge in [-0.15, -0.1) is 10.2 Å². The lowest BCUT2D eigenvalue weighted by atomic mass is 10.2. The summed E-state index contributed by atoms with van der Waals surface area (Å²) >= 11 is 1.38. The summed E-state index contributed by atoms with van der Waals surface area (Å²) in [6.45, 7) is 4.83. The van der Waals surface area contributed by atoms with Gasteiger partial charge in [0.15, 0.2) is 0 Å². The van der Waals surface area contributed by atoms with Crippen LogP contribution in [0.4, 0.5) is 10.9 Å². The van der Waals surface area contributed by atoms with E-state index in [0.717, 1.165) is 24.4 Å². The van der Waals surface area contributed by atoms with Crippen LogP contribution in [0.25, 0.3) is 0 Å². The Bertz CT molecular complexity index is 584. The van der Waals surface area contributed by atoms with Crippen LogP contribution in [-0.2, 0) is 6.42 Å². The average molecular weight is 291 g/mol. The summed E-state index contributed by atoms with van der Waals surface area (Å²) in [6.07, 6.45) is 3.44. The highest BCUT2D eigenvalue weighted by Crippen LogP contribution is 2.18. The minimum Gasteiger partial charge on any atom is -0.369 e. The minimum absolute atomic E-state index is 0.226. The molecule has 1 amide bonds. The van der Waals surface area contributed by atoms with Gasteiger partial charge in [-0.1, -0.05) is 25.2 Å².